The van der Waals surface area contributed by atoms with E-state index in [4.69, 9.17) is 5.73 Å². The Bertz CT molecular complexity index is 496. The molecule has 2 N–H and O–H groups in total. The maximum atomic E-state index is 12.9. The van der Waals surface area contributed by atoms with E-state index < -0.39 is 5.41 Å². The molecule has 0 aromatic carbocycles. The molecule has 2 heterocycles. The fourth-order valence-corrected chi connectivity index (χ4v) is 3.84. The molecule has 126 valence electrons. The van der Waals surface area contributed by atoms with Crippen molar-refractivity contribution in [3.05, 3.63) is 16.6 Å². The van der Waals surface area contributed by atoms with E-state index in [1.807, 2.05) is 24.1 Å². The molecule has 22 heavy (non-hydrogen) atoms. The van der Waals surface area contributed by atoms with Crippen molar-refractivity contribution in [1.29, 1.82) is 0 Å². The van der Waals surface area contributed by atoms with Crippen molar-refractivity contribution in [1.82, 2.24) is 9.88 Å². The molecular weight excluding hydrogens is 318 g/mol. The number of thiazole rings is 1. The molecule has 1 aliphatic heterocycles. The number of nitrogens with zero attached hydrogens (tertiary/aromatic N) is 2. The standard InChI is InChI=1S/C16H27N3OS.ClH/c1-15(2,3)8-11-9-19(10-12(11)17)14(20)16(4,5)13-18-6-7-21-13;/h6-7,11-12H,8-10,17H2,1-5H3;1H/t11-,12-;/m1./s1. The predicted molar refractivity (Wildman–Crippen MR) is 94.5 cm³/mol. The number of carbonyl (C=O) groups excluding carboxylic acids is 1. The van der Waals surface area contributed by atoms with Crippen LogP contribution >= 0.6 is 23.7 Å². The largest absolute Gasteiger partial charge is 0.340 e. The summed E-state index contributed by atoms with van der Waals surface area (Å²) >= 11 is 1.54. The average Bonchev–Trinajstić information content (AvgIpc) is 2.97. The Labute approximate surface area is 143 Å². The minimum Gasteiger partial charge on any atom is -0.340 e. The normalized spacial score (nSPS) is 22.5. The van der Waals surface area contributed by atoms with Gasteiger partial charge in [0.15, 0.2) is 0 Å². The molecule has 4 nitrogen and oxygen atoms in total. The van der Waals surface area contributed by atoms with E-state index in [9.17, 15) is 4.79 Å². The second-order valence-corrected chi connectivity index (χ2v) is 8.76. The van der Waals surface area contributed by atoms with Crippen LogP contribution < -0.4 is 5.73 Å². The molecule has 2 atom stereocenters. The third-order valence-corrected chi connectivity index (χ3v) is 5.25. The van der Waals surface area contributed by atoms with Crippen LogP contribution in [0.25, 0.3) is 0 Å². The molecule has 1 aliphatic rings. The van der Waals surface area contributed by atoms with Crippen molar-refractivity contribution in [2.75, 3.05) is 13.1 Å². The van der Waals surface area contributed by atoms with Gasteiger partial charge in [-0.2, -0.15) is 0 Å². The summed E-state index contributed by atoms with van der Waals surface area (Å²) in [5, 5.41) is 2.79. The first kappa shape index (κ1) is 19.4. The van der Waals surface area contributed by atoms with Crippen LogP contribution in [-0.2, 0) is 10.2 Å². The Morgan fingerprint density at radius 2 is 2.00 bits per heavy atom. The minimum absolute atomic E-state index is 0. The van der Waals surface area contributed by atoms with Gasteiger partial charge < -0.3 is 10.6 Å². The maximum absolute atomic E-state index is 12.9. The van der Waals surface area contributed by atoms with Gasteiger partial charge in [0.1, 0.15) is 5.01 Å². The number of hydrogen-bond acceptors (Lipinski definition) is 4. The first-order chi connectivity index (χ1) is 9.61. The van der Waals surface area contributed by atoms with Crippen LogP contribution in [0.15, 0.2) is 11.6 Å². The number of rotatable bonds is 3. The third-order valence-electron chi connectivity index (χ3n) is 4.16. The average molecular weight is 346 g/mol. The van der Waals surface area contributed by atoms with E-state index in [-0.39, 0.29) is 29.8 Å². The lowest BCUT2D eigenvalue weighted by Crippen LogP contribution is -2.43. The van der Waals surface area contributed by atoms with Crippen molar-refractivity contribution in [2.45, 2.75) is 52.5 Å². The maximum Gasteiger partial charge on any atom is 0.235 e. The van der Waals surface area contributed by atoms with Gasteiger partial charge in [-0.1, -0.05) is 20.8 Å². The number of amides is 1. The number of halogens is 1. The minimum atomic E-state index is -0.565. The Hall–Kier alpha value is -0.650. The van der Waals surface area contributed by atoms with Crippen LogP contribution in [0.1, 0.15) is 46.0 Å². The SMILES string of the molecule is CC(C)(C)C[C@@H]1CN(C(=O)C(C)(C)c2nccs2)C[C@H]1N.Cl. The van der Waals surface area contributed by atoms with Crippen LogP contribution in [0.2, 0.25) is 0 Å². The monoisotopic (exact) mass is 345 g/mol. The highest BCUT2D eigenvalue weighted by molar-refractivity contribution is 7.09. The zero-order chi connectivity index (χ0) is 15.8. The lowest BCUT2D eigenvalue weighted by Gasteiger charge is -2.28. The molecule has 0 saturated carbocycles. The second kappa shape index (κ2) is 6.85. The molecule has 1 saturated heterocycles. The molecular formula is C16H28ClN3OS. The van der Waals surface area contributed by atoms with Crippen molar-refractivity contribution >= 4 is 29.7 Å². The molecule has 1 aromatic heterocycles. The summed E-state index contributed by atoms with van der Waals surface area (Å²) < 4.78 is 0. The summed E-state index contributed by atoms with van der Waals surface area (Å²) in [6.45, 7) is 12.0. The topological polar surface area (TPSA) is 59.2 Å². The molecule has 6 heteroatoms. The highest BCUT2D eigenvalue weighted by atomic mass is 35.5. The Balaban J connectivity index is 0.00000242. The molecule has 1 aromatic rings. The summed E-state index contributed by atoms with van der Waals surface area (Å²) in [5.74, 6) is 0.533. The first-order valence-electron chi connectivity index (χ1n) is 7.56. The number of carbonyl (C=O) groups is 1. The number of nitrogens with two attached hydrogens (primary N) is 1. The van der Waals surface area contributed by atoms with Crippen LogP contribution in [0.4, 0.5) is 0 Å². The quantitative estimate of drug-likeness (QED) is 0.915. The van der Waals surface area contributed by atoms with E-state index in [0.29, 0.717) is 12.5 Å². The summed E-state index contributed by atoms with van der Waals surface area (Å²) in [7, 11) is 0. The van der Waals surface area contributed by atoms with Gasteiger partial charge in [0, 0.05) is 30.7 Å². The second-order valence-electron chi connectivity index (χ2n) is 7.86. The van der Waals surface area contributed by atoms with Gasteiger partial charge in [0.2, 0.25) is 5.91 Å². The van der Waals surface area contributed by atoms with Gasteiger partial charge in [-0.3, -0.25) is 4.79 Å². The van der Waals surface area contributed by atoms with Gasteiger partial charge in [-0.15, -0.1) is 23.7 Å². The van der Waals surface area contributed by atoms with Crippen LogP contribution in [-0.4, -0.2) is 34.9 Å². The van der Waals surface area contributed by atoms with E-state index in [2.05, 4.69) is 25.8 Å². The summed E-state index contributed by atoms with van der Waals surface area (Å²) in [6.07, 6.45) is 2.81. The fraction of sp³-hybridized carbons (Fsp3) is 0.750. The smallest absolute Gasteiger partial charge is 0.235 e. The lowest BCUT2D eigenvalue weighted by atomic mass is 9.83. The summed E-state index contributed by atoms with van der Waals surface area (Å²) in [6, 6.07) is 0.0836. The Morgan fingerprint density at radius 1 is 1.36 bits per heavy atom. The molecule has 0 bridgehead atoms. The van der Waals surface area contributed by atoms with Crippen molar-refractivity contribution in [3.63, 3.8) is 0 Å². The third kappa shape index (κ3) is 4.21. The number of likely N-dealkylation sites (tertiary alicyclic amines) is 1. The van der Waals surface area contributed by atoms with E-state index in [1.54, 1.807) is 6.20 Å². The van der Waals surface area contributed by atoms with Gasteiger partial charge in [0.25, 0.3) is 0 Å². The zero-order valence-corrected chi connectivity index (χ0v) is 15.8. The van der Waals surface area contributed by atoms with Crippen LogP contribution in [0.5, 0.6) is 0 Å². The lowest BCUT2D eigenvalue weighted by molar-refractivity contribution is -0.135. The number of hydrogen-bond donors (Lipinski definition) is 1. The highest BCUT2D eigenvalue weighted by Crippen LogP contribution is 2.33. The van der Waals surface area contributed by atoms with E-state index >= 15 is 0 Å². The van der Waals surface area contributed by atoms with Gasteiger partial charge in [-0.05, 0) is 31.6 Å². The molecule has 0 radical (unpaired) electrons. The van der Waals surface area contributed by atoms with Gasteiger partial charge in [-0.25, -0.2) is 4.98 Å². The van der Waals surface area contributed by atoms with E-state index in [1.165, 1.54) is 11.3 Å². The summed E-state index contributed by atoms with van der Waals surface area (Å²) in [5.41, 5.74) is 5.95. The Kier molecular flexibility index (Phi) is 6.04. The fourth-order valence-electron chi connectivity index (χ4n) is 3.08. The molecule has 1 amide bonds. The molecule has 2 rings (SSSR count). The molecule has 0 spiro atoms. The van der Waals surface area contributed by atoms with Crippen LogP contribution in [0.3, 0.4) is 0 Å². The van der Waals surface area contributed by atoms with Crippen molar-refractivity contribution in [2.24, 2.45) is 17.1 Å². The first-order valence-corrected chi connectivity index (χ1v) is 8.44. The van der Waals surface area contributed by atoms with Gasteiger partial charge >= 0.3 is 0 Å². The molecule has 1 fully saturated rings. The van der Waals surface area contributed by atoms with Crippen molar-refractivity contribution in [3.8, 4) is 0 Å². The van der Waals surface area contributed by atoms with Crippen LogP contribution in [0, 0.1) is 11.3 Å². The molecule has 0 aliphatic carbocycles. The van der Waals surface area contributed by atoms with E-state index in [0.717, 1.165) is 18.0 Å². The predicted octanol–water partition coefficient (Wildman–Crippen LogP) is 3.06. The van der Waals surface area contributed by atoms with Crippen molar-refractivity contribution < 1.29 is 4.79 Å². The Morgan fingerprint density at radius 3 is 2.50 bits per heavy atom. The van der Waals surface area contributed by atoms with Gasteiger partial charge in [0.05, 0.1) is 5.41 Å². The summed E-state index contributed by atoms with van der Waals surface area (Å²) in [4.78, 5) is 19.1. The molecule has 0 unspecified atom stereocenters. The number of aromatic nitrogens is 1. The zero-order valence-electron chi connectivity index (χ0n) is 14.1. The highest BCUT2D eigenvalue weighted by Gasteiger charge is 2.42.